The summed E-state index contributed by atoms with van der Waals surface area (Å²) in [4.78, 5) is 27.0. The van der Waals surface area contributed by atoms with Crippen molar-refractivity contribution in [3.05, 3.63) is 39.6 Å². The highest BCUT2D eigenvalue weighted by Crippen LogP contribution is 2.40. The fourth-order valence-electron chi connectivity index (χ4n) is 4.28. The zero-order valence-electron chi connectivity index (χ0n) is 16.3. The number of hydrogen-bond donors (Lipinski definition) is 1. The summed E-state index contributed by atoms with van der Waals surface area (Å²) >= 11 is 12.8. The van der Waals surface area contributed by atoms with Crippen LogP contribution in [-0.4, -0.2) is 41.5 Å². The van der Waals surface area contributed by atoms with Crippen LogP contribution in [0, 0.1) is 5.41 Å². The van der Waals surface area contributed by atoms with E-state index in [-0.39, 0.29) is 17.2 Å². The number of carbonyl (C=O) groups is 2. The van der Waals surface area contributed by atoms with Crippen molar-refractivity contribution in [3.63, 3.8) is 0 Å². The van der Waals surface area contributed by atoms with Gasteiger partial charge in [0.2, 0.25) is 5.91 Å². The van der Waals surface area contributed by atoms with Crippen LogP contribution in [0.25, 0.3) is 11.3 Å². The van der Waals surface area contributed by atoms with Gasteiger partial charge in [0, 0.05) is 38.0 Å². The van der Waals surface area contributed by atoms with Gasteiger partial charge in [0.25, 0.3) is 5.91 Å². The molecule has 29 heavy (non-hydrogen) atoms. The van der Waals surface area contributed by atoms with Crippen LogP contribution >= 0.6 is 23.2 Å². The molecule has 0 bridgehead atoms. The third-order valence-corrected chi connectivity index (χ3v) is 6.59. The summed E-state index contributed by atoms with van der Waals surface area (Å²) < 4.78 is 5.55. The normalized spacial score (nSPS) is 18.3. The molecule has 3 heterocycles. The molecular formula is C21H23Cl2N3O3. The topological polar surface area (TPSA) is 75.4 Å². The number of aromatic nitrogens is 1. The number of nitrogens with zero attached hydrogens (tertiary/aromatic N) is 2. The molecule has 1 aromatic carbocycles. The number of likely N-dealkylation sites (tertiary alicyclic amines) is 1. The van der Waals surface area contributed by atoms with Gasteiger partial charge < -0.3 is 14.7 Å². The van der Waals surface area contributed by atoms with E-state index in [4.69, 9.17) is 27.7 Å². The van der Waals surface area contributed by atoms with Crippen molar-refractivity contribution in [2.45, 2.75) is 39.0 Å². The number of piperidine rings is 1. The third kappa shape index (κ3) is 3.76. The number of amides is 2. The molecule has 2 aliphatic heterocycles. The van der Waals surface area contributed by atoms with Crippen LogP contribution in [0.15, 0.2) is 22.7 Å². The van der Waals surface area contributed by atoms with E-state index in [1.807, 2.05) is 11.8 Å². The molecule has 154 valence electrons. The molecule has 0 atom stereocenters. The monoisotopic (exact) mass is 435 g/mol. The second-order valence-corrected chi connectivity index (χ2v) is 8.74. The zero-order chi connectivity index (χ0) is 20.6. The quantitative estimate of drug-likeness (QED) is 0.774. The first kappa shape index (κ1) is 20.2. The van der Waals surface area contributed by atoms with Crippen molar-refractivity contribution >= 4 is 35.0 Å². The van der Waals surface area contributed by atoms with Crippen molar-refractivity contribution < 1.29 is 14.1 Å². The van der Waals surface area contributed by atoms with Crippen LogP contribution < -0.4 is 5.32 Å². The van der Waals surface area contributed by atoms with Crippen molar-refractivity contribution in [2.75, 3.05) is 19.6 Å². The molecule has 2 aromatic rings. The standard InChI is InChI=1S/C21H23Cl2N3O3/c1-2-4-15-18(19(25-29-15)17-13(22)5-3-6-14(17)23)20(28)26-9-7-21(8-10-26)11-16(27)24-12-21/h3,5-6H,2,4,7-12H2,1H3,(H,24,27). The predicted octanol–water partition coefficient (Wildman–Crippen LogP) is 4.34. The summed E-state index contributed by atoms with van der Waals surface area (Å²) in [7, 11) is 0. The van der Waals surface area contributed by atoms with Crippen molar-refractivity contribution in [1.29, 1.82) is 0 Å². The Kier molecular flexibility index (Phi) is 5.58. The highest BCUT2D eigenvalue weighted by molar-refractivity contribution is 6.39. The SMILES string of the molecule is CCCc1onc(-c2c(Cl)cccc2Cl)c1C(=O)N1CCC2(CC1)CNC(=O)C2. The van der Waals surface area contributed by atoms with Crippen LogP contribution in [0.1, 0.15) is 48.7 Å². The summed E-state index contributed by atoms with van der Waals surface area (Å²) in [6.07, 6.45) is 3.57. The van der Waals surface area contributed by atoms with Crippen LogP contribution in [0.2, 0.25) is 10.0 Å². The molecule has 6 nitrogen and oxygen atoms in total. The largest absolute Gasteiger partial charge is 0.360 e. The van der Waals surface area contributed by atoms with Gasteiger partial charge >= 0.3 is 0 Å². The Hall–Kier alpha value is -2.05. The highest BCUT2D eigenvalue weighted by atomic mass is 35.5. The fourth-order valence-corrected chi connectivity index (χ4v) is 4.86. The number of benzene rings is 1. The maximum atomic E-state index is 13.5. The summed E-state index contributed by atoms with van der Waals surface area (Å²) in [6, 6.07) is 5.20. The van der Waals surface area contributed by atoms with Gasteiger partial charge in [0.15, 0.2) is 0 Å². The second kappa shape index (κ2) is 8.00. The minimum Gasteiger partial charge on any atom is -0.360 e. The van der Waals surface area contributed by atoms with E-state index >= 15 is 0 Å². The number of aryl methyl sites for hydroxylation is 1. The minimum absolute atomic E-state index is 0.0242. The maximum Gasteiger partial charge on any atom is 0.259 e. The van der Waals surface area contributed by atoms with Crippen LogP contribution in [-0.2, 0) is 11.2 Å². The molecule has 0 aliphatic carbocycles. The summed E-state index contributed by atoms with van der Waals surface area (Å²) in [5, 5.41) is 7.96. The van der Waals surface area contributed by atoms with Gasteiger partial charge in [-0.3, -0.25) is 9.59 Å². The van der Waals surface area contributed by atoms with Crippen molar-refractivity contribution in [3.8, 4) is 11.3 Å². The lowest BCUT2D eigenvalue weighted by Gasteiger charge is -2.38. The molecule has 0 radical (unpaired) electrons. The summed E-state index contributed by atoms with van der Waals surface area (Å²) in [6.45, 7) is 3.91. The smallest absolute Gasteiger partial charge is 0.259 e. The zero-order valence-corrected chi connectivity index (χ0v) is 17.8. The molecule has 1 N–H and O–H groups in total. The Morgan fingerprint density at radius 1 is 1.28 bits per heavy atom. The van der Waals surface area contributed by atoms with E-state index in [2.05, 4.69) is 10.5 Å². The van der Waals surface area contributed by atoms with E-state index in [0.29, 0.717) is 65.1 Å². The molecule has 4 rings (SSSR count). The molecule has 1 spiro atoms. The molecule has 2 fully saturated rings. The van der Waals surface area contributed by atoms with E-state index in [1.165, 1.54) is 0 Å². The maximum absolute atomic E-state index is 13.5. The number of hydrogen-bond acceptors (Lipinski definition) is 4. The fraction of sp³-hybridized carbons (Fsp3) is 0.476. The second-order valence-electron chi connectivity index (χ2n) is 7.92. The molecule has 2 aliphatic rings. The van der Waals surface area contributed by atoms with E-state index in [1.54, 1.807) is 18.2 Å². The number of nitrogens with one attached hydrogen (secondary N) is 1. The third-order valence-electron chi connectivity index (χ3n) is 5.96. The van der Waals surface area contributed by atoms with Crippen molar-refractivity contribution in [1.82, 2.24) is 15.4 Å². The average Bonchev–Trinajstić information content (AvgIpc) is 3.26. The van der Waals surface area contributed by atoms with Gasteiger partial charge in [-0.25, -0.2) is 0 Å². The van der Waals surface area contributed by atoms with Crippen LogP contribution in [0.3, 0.4) is 0 Å². The Bertz CT molecular complexity index is 928. The molecule has 2 amide bonds. The first-order chi connectivity index (χ1) is 13.9. The molecule has 1 aromatic heterocycles. The number of rotatable bonds is 4. The van der Waals surface area contributed by atoms with Gasteiger partial charge in [0.1, 0.15) is 17.0 Å². The van der Waals surface area contributed by atoms with E-state index in [0.717, 1.165) is 19.3 Å². The van der Waals surface area contributed by atoms with Crippen LogP contribution in [0.4, 0.5) is 0 Å². The molecular weight excluding hydrogens is 413 g/mol. The number of halogens is 2. The first-order valence-corrected chi connectivity index (χ1v) is 10.7. The Morgan fingerprint density at radius 3 is 2.55 bits per heavy atom. The summed E-state index contributed by atoms with van der Waals surface area (Å²) in [5.74, 6) is 0.541. The van der Waals surface area contributed by atoms with E-state index in [9.17, 15) is 9.59 Å². The first-order valence-electron chi connectivity index (χ1n) is 9.93. The Labute approximate surface area is 179 Å². The predicted molar refractivity (Wildman–Crippen MR) is 111 cm³/mol. The molecule has 0 saturated carbocycles. The lowest BCUT2D eigenvalue weighted by atomic mass is 9.77. The lowest BCUT2D eigenvalue weighted by molar-refractivity contribution is -0.119. The number of carbonyl (C=O) groups excluding carboxylic acids is 2. The van der Waals surface area contributed by atoms with E-state index < -0.39 is 0 Å². The minimum atomic E-state index is -0.118. The molecule has 8 heteroatoms. The van der Waals surface area contributed by atoms with Crippen LogP contribution in [0.5, 0.6) is 0 Å². The average molecular weight is 436 g/mol. The Balaban J connectivity index is 1.64. The summed E-state index contributed by atoms with van der Waals surface area (Å²) in [5.41, 5.74) is 1.33. The van der Waals surface area contributed by atoms with Crippen molar-refractivity contribution in [2.24, 2.45) is 5.41 Å². The van der Waals surface area contributed by atoms with Gasteiger partial charge in [-0.2, -0.15) is 0 Å². The van der Waals surface area contributed by atoms with Gasteiger partial charge in [-0.05, 0) is 36.8 Å². The van der Waals surface area contributed by atoms with Gasteiger partial charge in [0.05, 0.1) is 10.0 Å². The lowest BCUT2D eigenvalue weighted by Crippen LogP contribution is -2.44. The van der Waals surface area contributed by atoms with Gasteiger partial charge in [-0.15, -0.1) is 0 Å². The van der Waals surface area contributed by atoms with Gasteiger partial charge in [-0.1, -0.05) is 41.3 Å². The Morgan fingerprint density at radius 2 is 1.97 bits per heavy atom. The highest BCUT2D eigenvalue weighted by Gasteiger charge is 2.42. The molecule has 0 unspecified atom stereocenters. The molecule has 2 saturated heterocycles.